The van der Waals surface area contributed by atoms with Crippen molar-refractivity contribution in [1.29, 1.82) is 0 Å². The van der Waals surface area contributed by atoms with E-state index >= 15 is 0 Å². The number of nitrogens with zero attached hydrogens (tertiary/aromatic N) is 1. The molecule has 0 unspecified atom stereocenters. The number of methoxy groups -OCH3 is 3. The zero-order valence-electron chi connectivity index (χ0n) is 17.7. The van der Waals surface area contributed by atoms with Crippen LogP contribution < -0.4 is 19.5 Å². The number of carbonyl (C=O) groups is 1. The fraction of sp³-hybridized carbons (Fsp3) is 0.435. The Morgan fingerprint density at radius 1 is 1.00 bits per heavy atom. The Bertz CT molecular complexity index is 824. The number of benzene rings is 2. The van der Waals surface area contributed by atoms with E-state index in [9.17, 15) is 4.79 Å². The number of nitrogens with one attached hydrogen (secondary N) is 1. The third kappa shape index (κ3) is 5.58. The van der Waals surface area contributed by atoms with Crippen LogP contribution in [0.15, 0.2) is 36.4 Å². The van der Waals surface area contributed by atoms with Gasteiger partial charge in [-0.15, -0.1) is 0 Å². The first-order chi connectivity index (χ1) is 14.5. The van der Waals surface area contributed by atoms with E-state index in [0.717, 1.165) is 43.1 Å². The molecule has 1 aliphatic rings. The maximum atomic E-state index is 12.7. The molecule has 0 aliphatic carbocycles. The van der Waals surface area contributed by atoms with E-state index in [1.807, 2.05) is 24.3 Å². The van der Waals surface area contributed by atoms with E-state index in [0.29, 0.717) is 23.8 Å². The molecule has 0 bridgehead atoms. The molecule has 1 amide bonds. The van der Waals surface area contributed by atoms with E-state index in [1.54, 1.807) is 21.3 Å². The molecule has 0 radical (unpaired) electrons. The molecule has 1 aliphatic heterocycles. The predicted molar refractivity (Wildman–Crippen MR) is 117 cm³/mol. The van der Waals surface area contributed by atoms with E-state index in [1.165, 1.54) is 5.56 Å². The van der Waals surface area contributed by atoms with Crippen molar-refractivity contribution in [3.05, 3.63) is 52.5 Å². The number of likely N-dealkylation sites (tertiary alicyclic amines) is 1. The summed E-state index contributed by atoms with van der Waals surface area (Å²) in [5.74, 6) is 1.83. The summed E-state index contributed by atoms with van der Waals surface area (Å²) in [4.78, 5) is 15.1. The van der Waals surface area contributed by atoms with Gasteiger partial charge in [-0.2, -0.15) is 0 Å². The third-order valence-corrected chi connectivity index (χ3v) is 5.72. The highest BCUT2D eigenvalue weighted by Gasteiger charge is 2.25. The summed E-state index contributed by atoms with van der Waals surface area (Å²) in [5.41, 5.74) is 2.14. The molecule has 2 aromatic rings. The molecule has 2 aromatic carbocycles. The van der Waals surface area contributed by atoms with Gasteiger partial charge in [-0.1, -0.05) is 23.7 Å². The van der Waals surface area contributed by atoms with Crippen LogP contribution >= 0.6 is 11.6 Å². The molecular formula is C23H29ClN2O4. The van der Waals surface area contributed by atoms with Gasteiger partial charge in [0, 0.05) is 24.0 Å². The number of amides is 1. The summed E-state index contributed by atoms with van der Waals surface area (Å²) in [6, 6.07) is 11.7. The minimum absolute atomic E-state index is 0.0357. The molecule has 1 fully saturated rings. The van der Waals surface area contributed by atoms with Crippen LogP contribution in [0.3, 0.4) is 0 Å². The Morgan fingerprint density at radius 2 is 1.60 bits per heavy atom. The Balaban J connectivity index is 1.51. The van der Waals surface area contributed by atoms with Crippen LogP contribution in [0.4, 0.5) is 0 Å². The van der Waals surface area contributed by atoms with Crippen molar-refractivity contribution < 1.29 is 19.0 Å². The van der Waals surface area contributed by atoms with Crippen molar-refractivity contribution in [3.8, 4) is 17.2 Å². The summed E-state index contributed by atoms with van der Waals surface area (Å²) in [7, 11) is 4.73. The Morgan fingerprint density at radius 3 is 2.13 bits per heavy atom. The summed E-state index contributed by atoms with van der Waals surface area (Å²) < 4.78 is 16.1. The molecule has 0 spiro atoms. The molecule has 6 nitrogen and oxygen atoms in total. The molecule has 1 N–H and O–H groups in total. The van der Waals surface area contributed by atoms with Crippen LogP contribution in [0.1, 0.15) is 24.0 Å². The normalized spacial score (nSPS) is 14.9. The molecule has 7 heteroatoms. The van der Waals surface area contributed by atoms with Gasteiger partial charge >= 0.3 is 0 Å². The number of hydrogen-bond acceptors (Lipinski definition) is 5. The second kappa shape index (κ2) is 10.5. The first kappa shape index (κ1) is 22.2. The highest BCUT2D eigenvalue weighted by molar-refractivity contribution is 6.30. The lowest BCUT2D eigenvalue weighted by Gasteiger charge is -2.31. The van der Waals surface area contributed by atoms with E-state index in [4.69, 9.17) is 25.8 Å². The van der Waals surface area contributed by atoms with Crippen LogP contribution in [-0.4, -0.2) is 45.2 Å². The van der Waals surface area contributed by atoms with Crippen LogP contribution in [-0.2, 0) is 17.9 Å². The average Bonchev–Trinajstić information content (AvgIpc) is 2.78. The molecule has 1 saturated heterocycles. The maximum absolute atomic E-state index is 12.7. The second-order valence-corrected chi connectivity index (χ2v) is 7.86. The highest BCUT2D eigenvalue weighted by Crippen LogP contribution is 2.38. The standard InChI is InChI=1S/C23H29ClN2O4/c1-28-20-12-17(13-21(29-2)22(20)30-3)14-25-23(27)18-8-10-26(11-9-18)15-16-4-6-19(24)7-5-16/h4-7,12-13,18H,8-11,14-15H2,1-3H3,(H,25,27). The van der Waals surface area contributed by atoms with E-state index in [-0.39, 0.29) is 11.8 Å². The smallest absolute Gasteiger partial charge is 0.223 e. The van der Waals surface area contributed by atoms with E-state index in [2.05, 4.69) is 22.3 Å². The highest BCUT2D eigenvalue weighted by atomic mass is 35.5. The molecule has 0 atom stereocenters. The minimum atomic E-state index is 0.0357. The van der Waals surface area contributed by atoms with Crippen molar-refractivity contribution >= 4 is 17.5 Å². The van der Waals surface area contributed by atoms with Gasteiger partial charge < -0.3 is 19.5 Å². The second-order valence-electron chi connectivity index (χ2n) is 7.43. The fourth-order valence-electron chi connectivity index (χ4n) is 3.77. The summed E-state index contributed by atoms with van der Waals surface area (Å²) in [6.45, 7) is 3.12. The summed E-state index contributed by atoms with van der Waals surface area (Å²) >= 11 is 5.95. The molecule has 3 rings (SSSR count). The minimum Gasteiger partial charge on any atom is -0.493 e. The Hall–Kier alpha value is -2.44. The predicted octanol–water partition coefficient (Wildman–Crippen LogP) is 3.89. The number of hydrogen-bond donors (Lipinski definition) is 1. The largest absolute Gasteiger partial charge is 0.493 e. The summed E-state index contributed by atoms with van der Waals surface area (Å²) in [6.07, 6.45) is 1.71. The topological polar surface area (TPSA) is 60.0 Å². The van der Waals surface area contributed by atoms with Gasteiger partial charge in [-0.25, -0.2) is 0 Å². The zero-order chi connectivity index (χ0) is 21.5. The van der Waals surface area contributed by atoms with Crippen molar-refractivity contribution in [2.24, 2.45) is 5.92 Å². The van der Waals surface area contributed by atoms with Crippen LogP contribution in [0.5, 0.6) is 17.2 Å². The Labute approximate surface area is 183 Å². The number of rotatable bonds is 8. The van der Waals surface area contributed by atoms with Crippen molar-refractivity contribution in [3.63, 3.8) is 0 Å². The number of carbonyl (C=O) groups excluding carboxylic acids is 1. The molecular weight excluding hydrogens is 404 g/mol. The first-order valence-corrected chi connectivity index (χ1v) is 10.4. The van der Waals surface area contributed by atoms with Crippen molar-refractivity contribution in [2.45, 2.75) is 25.9 Å². The van der Waals surface area contributed by atoms with E-state index < -0.39 is 0 Å². The number of ether oxygens (including phenoxy) is 3. The summed E-state index contributed by atoms with van der Waals surface area (Å²) in [5, 5.41) is 3.81. The van der Waals surface area contributed by atoms with Gasteiger partial charge in [0.1, 0.15) is 0 Å². The molecule has 30 heavy (non-hydrogen) atoms. The van der Waals surface area contributed by atoms with Crippen LogP contribution in [0, 0.1) is 5.92 Å². The lowest BCUT2D eigenvalue weighted by Crippen LogP contribution is -2.40. The number of halogens is 1. The molecule has 0 aromatic heterocycles. The molecule has 0 saturated carbocycles. The van der Waals surface area contributed by atoms with Gasteiger partial charge in [0.2, 0.25) is 11.7 Å². The molecule has 1 heterocycles. The quantitative estimate of drug-likeness (QED) is 0.685. The maximum Gasteiger partial charge on any atom is 0.223 e. The Kier molecular flexibility index (Phi) is 7.82. The fourth-order valence-corrected chi connectivity index (χ4v) is 3.90. The average molecular weight is 433 g/mol. The number of piperidine rings is 1. The van der Waals surface area contributed by atoms with Gasteiger partial charge in [0.25, 0.3) is 0 Å². The SMILES string of the molecule is COc1cc(CNC(=O)C2CCN(Cc3ccc(Cl)cc3)CC2)cc(OC)c1OC. The van der Waals surface area contributed by atoms with Gasteiger partial charge in [0.05, 0.1) is 21.3 Å². The first-order valence-electron chi connectivity index (χ1n) is 10.1. The van der Waals surface area contributed by atoms with Crippen LogP contribution in [0.25, 0.3) is 0 Å². The van der Waals surface area contributed by atoms with Gasteiger partial charge in [-0.3, -0.25) is 9.69 Å². The lowest BCUT2D eigenvalue weighted by molar-refractivity contribution is -0.126. The monoisotopic (exact) mass is 432 g/mol. The van der Waals surface area contributed by atoms with Crippen molar-refractivity contribution in [1.82, 2.24) is 10.2 Å². The third-order valence-electron chi connectivity index (χ3n) is 5.47. The van der Waals surface area contributed by atoms with Gasteiger partial charge in [-0.05, 0) is 61.3 Å². The van der Waals surface area contributed by atoms with Crippen molar-refractivity contribution in [2.75, 3.05) is 34.4 Å². The van der Waals surface area contributed by atoms with Gasteiger partial charge in [0.15, 0.2) is 11.5 Å². The lowest BCUT2D eigenvalue weighted by atomic mass is 9.95. The zero-order valence-corrected chi connectivity index (χ0v) is 18.5. The van der Waals surface area contributed by atoms with Crippen LogP contribution in [0.2, 0.25) is 5.02 Å². The molecule has 162 valence electrons.